The summed E-state index contributed by atoms with van der Waals surface area (Å²) >= 11 is 0. The van der Waals surface area contributed by atoms with E-state index in [1.165, 1.54) is 44.5 Å². The summed E-state index contributed by atoms with van der Waals surface area (Å²) in [4.78, 5) is 0. The van der Waals surface area contributed by atoms with Gasteiger partial charge in [-0.05, 0) is 68.3 Å². The Morgan fingerprint density at radius 1 is 0.353 bits per heavy atom. The van der Waals surface area contributed by atoms with Gasteiger partial charge in [-0.15, -0.1) is 0 Å². The van der Waals surface area contributed by atoms with Crippen LogP contribution < -0.4 is 5.32 Å². The first-order chi connectivity index (χ1) is 25.3. The van der Waals surface area contributed by atoms with Crippen molar-refractivity contribution in [3.8, 4) is 44.5 Å². The van der Waals surface area contributed by atoms with Crippen molar-refractivity contribution in [3.63, 3.8) is 0 Å². The summed E-state index contributed by atoms with van der Waals surface area (Å²) in [5.41, 5.74) is 18.7. The van der Waals surface area contributed by atoms with Crippen LogP contribution in [0.2, 0.25) is 0 Å². The zero-order valence-electron chi connectivity index (χ0n) is 27.7. The van der Waals surface area contributed by atoms with Crippen LogP contribution in [-0.2, 0) is 5.41 Å². The van der Waals surface area contributed by atoms with Gasteiger partial charge in [-0.1, -0.05) is 164 Å². The molecule has 9 aromatic rings. The van der Waals surface area contributed by atoms with Gasteiger partial charge in [-0.25, -0.2) is 0 Å². The molecule has 1 spiro atoms. The van der Waals surface area contributed by atoms with Crippen LogP contribution in [0.15, 0.2) is 186 Å². The highest BCUT2D eigenvalue weighted by molar-refractivity contribution is 6.13. The highest BCUT2D eigenvalue weighted by Crippen LogP contribution is 2.63. The van der Waals surface area contributed by atoms with Crippen LogP contribution in [0.3, 0.4) is 0 Å². The number of fused-ring (bicyclic) bond motifs is 13. The number of rotatable bonds is 4. The zero-order valence-corrected chi connectivity index (χ0v) is 27.7. The van der Waals surface area contributed by atoms with Crippen LogP contribution in [0, 0.1) is 0 Å². The molecule has 0 aliphatic heterocycles. The molecule has 0 fully saturated rings. The Bertz CT molecular complexity index is 2780. The Balaban J connectivity index is 1.01. The maximum absolute atomic E-state index is 6.71. The van der Waals surface area contributed by atoms with E-state index in [-0.39, 0.29) is 5.41 Å². The third-order valence-corrected chi connectivity index (χ3v) is 11.1. The van der Waals surface area contributed by atoms with Crippen LogP contribution in [-0.4, -0.2) is 0 Å². The lowest BCUT2D eigenvalue weighted by Crippen LogP contribution is -2.25. The van der Waals surface area contributed by atoms with Crippen LogP contribution >= 0.6 is 0 Å². The Morgan fingerprint density at radius 2 is 0.824 bits per heavy atom. The Labute approximate surface area is 296 Å². The molecule has 2 nitrogen and oxygen atoms in total. The minimum absolute atomic E-state index is 0.355. The van der Waals surface area contributed by atoms with Crippen LogP contribution in [0.25, 0.3) is 66.4 Å². The van der Waals surface area contributed by atoms with E-state index in [1.54, 1.807) is 0 Å². The summed E-state index contributed by atoms with van der Waals surface area (Å²) in [6, 6.07) is 65.8. The number of anilines is 2. The van der Waals surface area contributed by atoms with Gasteiger partial charge in [-0.3, -0.25) is 0 Å². The maximum Gasteiger partial charge on any atom is 0.143 e. The molecule has 0 radical (unpaired) electrons. The summed E-state index contributed by atoms with van der Waals surface area (Å²) < 4.78 is 6.71. The van der Waals surface area contributed by atoms with Crippen molar-refractivity contribution in [1.82, 2.24) is 0 Å². The standard InChI is InChI=1S/C49H31NO/c1-2-13-31(14-3-1)34-18-10-20-38-39-21-11-19-35(48(39)51-47(34)38)32-27-29-33(30-28-32)50-45-26-12-25-44-46(45)40-17-6-9-24-43(40)49(44)41-22-7-4-15-36(41)37-16-5-8-23-42(37)49/h1-30,50H. The Morgan fingerprint density at radius 3 is 1.45 bits per heavy atom. The number of hydrogen-bond donors (Lipinski definition) is 1. The van der Waals surface area contributed by atoms with Gasteiger partial charge in [0.25, 0.3) is 0 Å². The first-order valence-corrected chi connectivity index (χ1v) is 17.6. The fraction of sp³-hybridized carbons (Fsp3) is 0.0204. The average molecular weight is 650 g/mol. The summed E-state index contributed by atoms with van der Waals surface area (Å²) in [7, 11) is 0. The van der Waals surface area contributed by atoms with Gasteiger partial charge in [0, 0.05) is 38.8 Å². The number of furan rings is 1. The van der Waals surface area contributed by atoms with Gasteiger partial charge in [0.2, 0.25) is 0 Å². The molecule has 51 heavy (non-hydrogen) atoms. The van der Waals surface area contributed by atoms with Gasteiger partial charge < -0.3 is 9.73 Å². The van der Waals surface area contributed by atoms with E-state index in [2.05, 4.69) is 181 Å². The second-order valence-electron chi connectivity index (χ2n) is 13.6. The van der Waals surface area contributed by atoms with Crippen LogP contribution in [0.1, 0.15) is 22.3 Å². The first-order valence-electron chi connectivity index (χ1n) is 17.6. The van der Waals surface area contributed by atoms with Crippen molar-refractivity contribution < 1.29 is 4.42 Å². The molecule has 0 saturated heterocycles. The summed E-state index contributed by atoms with van der Waals surface area (Å²) in [6.07, 6.45) is 0. The van der Waals surface area contributed by atoms with E-state index in [1.807, 2.05) is 6.07 Å². The second-order valence-corrected chi connectivity index (χ2v) is 13.6. The Kier molecular flexibility index (Phi) is 5.91. The third kappa shape index (κ3) is 3.87. The van der Waals surface area contributed by atoms with E-state index >= 15 is 0 Å². The van der Waals surface area contributed by atoms with Crippen molar-refractivity contribution in [2.75, 3.05) is 5.32 Å². The molecule has 0 atom stereocenters. The molecule has 1 aromatic heterocycles. The molecule has 0 saturated carbocycles. The predicted molar refractivity (Wildman–Crippen MR) is 211 cm³/mol. The van der Waals surface area contributed by atoms with E-state index in [4.69, 9.17) is 4.42 Å². The molecule has 0 bridgehead atoms. The van der Waals surface area contributed by atoms with E-state index < -0.39 is 0 Å². The second kappa shape index (κ2) is 10.7. The van der Waals surface area contributed by atoms with Gasteiger partial charge in [-0.2, -0.15) is 0 Å². The Hall–Kier alpha value is -6.64. The predicted octanol–water partition coefficient (Wildman–Crippen LogP) is 13.0. The number of para-hydroxylation sites is 2. The smallest absolute Gasteiger partial charge is 0.143 e. The molecule has 2 heteroatoms. The molecule has 8 aromatic carbocycles. The molecule has 11 rings (SSSR count). The van der Waals surface area contributed by atoms with Crippen molar-refractivity contribution >= 4 is 33.3 Å². The fourth-order valence-corrected chi connectivity index (χ4v) is 9.03. The third-order valence-electron chi connectivity index (χ3n) is 11.1. The lowest BCUT2D eigenvalue weighted by molar-refractivity contribution is 0.671. The van der Waals surface area contributed by atoms with Gasteiger partial charge in [0.15, 0.2) is 0 Å². The molecule has 0 unspecified atom stereocenters. The van der Waals surface area contributed by atoms with Gasteiger partial charge >= 0.3 is 0 Å². The molecular weight excluding hydrogens is 619 g/mol. The molecule has 2 aliphatic rings. The van der Waals surface area contributed by atoms with Crippen molar-refractivity contribution in [2.24, 2.45) is 0 Å². The fourth-order valence-electron chi connectivity index (χ4n) is 9.03. The molecular formula is C49H31NO. The molecule has 1 heterocycles. The first kappa shape index (κ1) is 28.2. The van der Waals surface area contributed by atoms with E-state index in [0.717, 1.165) is 55.6 Å². The average Bonchev–Trinajstić information content (AvgIpc) is 3.83. The monoisotopic (exact) mass is 649 g/mol. The largest absolute Gasteiger partial charge is 0.455 e. The van der Waals surface area contributed by atoms with Crippen LogP contribution in [0.4, 0.5) is 11.4 Å². The lowest BCUT2D eigenvalue weighted by atomic mass is 9.70. The van der Waals surface area contributed by atoms with Crippen molar-refractivity contribution in [2.45, 2.75) is 5.41 Å². The van der Waals surface area contributed by atoms with Gasteiger partial charge in [0.1, 0.15) is 11.2 Å². The summed E-state index contributed by atoms with van der Waals surface area (Å²) in [5.74, 6) is 0. The minimum Gasteiger partial charge on any atom is -0.455 e. The normalized spacial score (nSPS) is 13.3. The molecule has 2 aliphatic carbocycles. The van der Waals surface area contributed by atoms with Crippen molar-refractivity contribution in [1.29, 1.82) is 0 Å². The highest BCUT2D eigenvalue weighted by Gasteiger charge is 2.51. The summed E-state index contributed by atoms with van der Waals surface area (Å²) in [5, 5.41) is 6.10. The molecule has 1 N–H and O–H groups in total. The van der Waals surface area contributed by atoms with Gasteiger partial charge in [0.05, 0.1) is 5.41 Å². The number of hydrogen-bond acceptors (Lipinski definition) is 2. The maximum atomic E-state index is 6.71. The topological polar surface area (TPSA) is 25.2 Å². The quantitative estimate of drug-likeness (QED) is 0.205. The molecule has 0 amide bonds. The van der Waals surface area contributed by atoms with Crippen LogP contribution in [0.5, 0.6) is 0 Å². The minimum atomic E-state index is -0.355. The summed E-state index contributed by atoms with van der Waals surface area (Å²) in [6.45, 7) is 0. The molecule has 238 valence electrons. The SMILES string of the molecule is c1ccc(-c2cccc3c2oc2c(-c4ccc(Nc5cccc6c5-c5ccccc5C65c6ccccc6-c6ccccc65)cc4)cccc23)cc1. The van der Waals surface area contributed by atoms with Crippen molar-refractivity contribution in [3.05, 3.63) is 204 Å². The van der Waals surface area contributed by atoms with E-state index in [0.29, 0.717) is 0 Å². The number of benzene rings is 8. The number of nitrogens with one attached hydrogen (secondary N) is 1. The zero-order chi connectivity index (χ0) is 33.5. The lowest BCUT2D eigenvalue weighted by Gasteiger charge is -2.30. The van der Waals surface area contributed by atoms with E-state index in [9.17, 15) is 0 Å². The highest BCUT2D eigenvalue weighted by atomic mass is 16.3.